The number of aromatic hydroxyl groups is 1. The van der Waals surface area contributed by atoms with E-state index in [1.807, 2.05) is 13.2 Å². The minimum atomic E-state index is -0.139. The number of hydrogen-bond acceptors (Lipinski definition) is 3. The number of aromatic nitrogens is 2. The number of imidazole rings is 1. The predicted molar refractivity (Wildman–Crippen MR) is 131 cm³/mol. The van der Waals surface area contributed by atoms with Crippen LogP contribution < -0.4 is 5.32 Å². The second-order valence-electron chi connectivity index (χ2n) is 10.7. The largest absolute Gasteiger partial charge is 0.507 e. The molecule has 0 radical (unpaired) electrons. The van der Waals surface area contributed by atoms with Gasteiger partial charge in [0.15, 0.2) is 0 Å². The van der Waals surface area contributed by atoms with E-state index in [-0.39, 0.29) is 10.8 Å². The number of phenolic OH excluding ortho intramolecular Hbond substituents is 1. The van der Waals surface area contributed by atoms with Crippen molar-refractivity contribution in [2.45, 2.75) is 72.8 Å². The Morgan fingerprint density at radius 2 is 1.48 bits per heavy atom. The highest BCUT2D eigenvalue weighted by Gasteiger charge is 2.26. The maximum atomic E-state index is 10.9. The maximum absolute atomic E-state index is 10.9. The van der Waals surface area contributed by atoms with Gasteiger partial charge in [-0.2, -0.15) is 0 Å². The number of phenols is 1. The lowest BCUT2D eigenvalue weighted by Crippen LogP contribution is -2.18. The molecule has 1 heterocycles. The first kappa shape index (κ1) is 22.9. The average molecular weight is 420 g/mol. The van der Waals surface area contributed by atoms with Crippen molar-refractivity contribution in [2.75, 3.05) is 5.32 Å². The van der Waals surface area contributed by atoms with E-state index < -0.39 is 0 Å². The summed E-state index contributed by atoms with van der Waals surface area (Å²) in [5.74, 6) is 1.24. The second kappa shape index (κ2) is 8.07. The van der Waals surface area contributed by atoms with Gasteiger partial charge in [-0.15, -0.1) is 0 Å². The summed E-state index contributed by atoms with van der Waals surface area (Å²) >= 11 is 0. The molecule has 0 bridgehead atoms. The molecule has 166 valence electrons. The van der Waals surface area contributed by atoms with Crippen LogP contribution in [-0.4, -0.2) is 14.7 Å². The first-order valence-corrected chi connectivity index (χ1v) is 11.0. The number of rotatable bonds is 4. The highest BCUT2D eigenvalue weighted by molar-refractivity contribution is 5.63. The zero-order chi connectivity index (χ0) is 23.1. The molecule has 1 aromatic heterocycles. The number of benzene rings is 2. The van der Waals surface area contributed by atoms with Gasteiger partial charge >= 0.3 is 0 Å². The molecule has 31 heavy (non-hydrogen) atoms. The average Bonchev–Trinajstić information content (AvgIpc) is 3.02. The zero-order valence-corrected chi connectivity index (χ0v) is 20.5. The van der Waals surface area contributed by atoms with Crippen molar-refractivity contribution in [2.24, 2.45) is 7.05 Å². The summed E-state index contributed by atoms with van der Waals surface area (Å²) in [7, 11) is 2.04. The van der Waals surface area contributed by atoms with E-state index in [9.17, 15) is 5.11 Å². The first-order valence-electron chi connectivity index (χ1n) is 11.0. The third-order valence-electron chi connectivity index (χ3n) is 6.03. The van der Waals surface area contributed by atoms with Crippen LogP contribution in [0, 0.1) is 13.8 Å². The van der Waals surface area contributed by atoms with Crippen molar-refractivity contribution in [1.29, 1.82) is 0 Å². The highest BCUT2D eigenvalue weighted by atomic mass is 16.3. The van der Waals surface area contributed by atoms with Crippen molar-refractivity contribution in [1.82, 2.24) is 9.55 Å². The second-order valence-corrected chi connectivity index (χ2v) is 10.7. The molecule has 0 aliphatic heterocycles. The van der Waals surface area contributed by atoms with Crippen LogP contribution in [-0.2, 0) is 24.4 Å². The number of nitrogens with one attached hydrogen (secondary N) is 1. The molecular weight excluding hydrogens is 382 g/mol. The Morgan fingerprint density at radius 3 is 2.00 bits per heavy atom. The number of hydrogen-bond donors (Lipinski definition) is 2. The van der Waals surface area contributed by atoms with Gasteiger partial charge in [-0.05, 0) is 70.7 Å². The topological polar surface area (TPSA) is 50.1 Å². The summed E-state index contributed by atoms with van der Waals surface area (Å²) < 4.78 is 2.10. The van der Waals surface area contributed by atoms with Crippen LogP contribution in [0.15, 0.2) is 36.5 Å². The molecule has 0 saturated carbocycles. The van der Waals surface area contributed by atoms with Crippen molar-refractivity contribution >= 4 is 5.95 Å². The fourth-order valence-electron chi connectivity index (χ4n) is 3.86. The van der Waals surface area contributed by atoms with E-state index in [0.717, 1.165) is 28.3 Å². The Kier molecular flexibility index (Phi) is 5.96. The van der Waals surface area contributed by atoms with Crippen molar-refractivity contribution < 1.29 is 5.11 Å². The quantitative estimate of drug-likeness (QED) is 0.500. The van der Waals surface area contributed by atoms with Crippen LogP contribution in [0.5, 0.6) is 5.75 Å². The molecule has 3 rings (SSSR count). The van der Waals surface area contributed by atoms with Crippen molar-refractivity contribution in [3.8, 4) is 17.0 Å². The third-order valence-corrected chi connectivity index (χ3v) is 6.03. The normalized spacial score (nSPS) is 12.3. The standard InChI is InChI=1S/C27H37N3O/c1-17-10-11-20(12-18(17)2)23-16-29-25(30(23)9)28-15-19-13-21(26(3,4)5)24(31)22(14-19)27(6,7)8/h10-14,16,31H,15H2,1-9H3,(H,28,29). The van der Waals surface area contributed by atoms with Gasteiger partial charge in [0.1, 0.15) is 5.75 Å². The van der Waals surface area contributed by atoms with E-state index in [2.05, 4.69) is 101 Å². The van der Waals surface area contributed by atoms with Gasteiger partial charge in [0.25, 0.3) is 0 Å². The Bertz CT molecular complexity index is 1060. The molecule has 0 fully saturated rings. The predicted octanol–water partition coefficient (Wildman–Crippen LogP) is 6.62. The lowest BCUT2D eigenvalue weighted by Gasteiger charge is -2.28. The van der Waals surface area contributed by atoms with Gasteiger partial charge in [0.2, 0.25) is 5.95 Å². The van der Waals surface area contributed by atoms with Crippen LogP contribution >= 0.6 is 0 Å². The summed E-state index contributed by atoms with van der Waals surface area (Å²) in [5, 5.41) is 14.4. The first-order chi connectivity index (χ1) is 14.3. The molecule has 2 aromatic carbocycles. The van der Waals surface area contributed by atoms with Crippen LogP contribution in [0.25, 0.3) is 11.3 Å². The van der Waals surface area contributed by atoms with Gasteiger partial charge in [-0.3, -0.25) is 0 Å². The van der Waals surface area contributed by atoms with Crippen LogP contribution in [0.1, 0.15) is 69.4 Å². The van der Waals surface area contributed by atoms with E-state index in [1.165, 1.54) is 16.7 Å². The molecule has 4 nitrogen and oxygen atoms in total. The summed E-state index contributed by atoms with van der Waals surface area (Å²) in [6.07, 6.45) is 1.92. The van der Waals surface area contributed by atoms with E-state index in [1.54, 1.807) is 0 Å². The van der Waals surface area contributed by atoms with E-state index in [4.69, 9.17) is 0 Å². The van der Waals surface area contributed by atoms with Gasteiger partial charge in [-0.1, -0.05) is 53.7 Å². The maximum Gasteiger partial charge on any atom is 0.203 e. The Hall–Kier alpha value is -2.75. The number of aryl methyl sites for hydroxylation is 2. The molecule has 0 atom stereocenters. The lowest BCUT2D eigenvalue weighted by molar-refractivity contribution is 0.423. The fourth-order valence-corrected chi connectivity index (χ4v) is 3.86. The zero-order valence-electron chi connectivity index (χ0n) is 20.5. The third kappa shape index (κ3) is 4.79. The Labute approximate surface area is 187 Å². The minimum absolute atomic E-state index is 0.139. The van der Waals surface area contributed by atoms with Crippen LogP contribution in [0.4, 0.5) is 5.95 Å². The minimum Gasteiger partial charge on any atom is -0.507 e. The van der Waals surface area contributed by atoms with Crippen LogP contribution in [0.3, 0.4) is 0 Å². The Balaban J connectivity index is 1.91. The molecule has 0 amide bonds. The van der Waals surface area contributed by atoms with Gasteiger partial charge in [0.05, 0.1) is 11.9 Å². The van der Waals surface area contributed by atoms with Crippen molar-refractivity contribution in [3.05, 3.63) is 64.3 Å². The molecule has 0 spiro atoms. The number of nitrogens with zero attached hydrogens (tertiary/aromatic N) is 2. The smallest absolute Gasteiger partial charge is 0.203 e. The Morgan fingerprint density at radius 1 is 0.903 bits per heavy atom. The molecule has 3 aromatic rings. The lowest BCUT2D eigenvalue weighted by atomic mass is 9.78. The molecule has 0 aliphatic rings. The van der Waals surface area contributed by atoms with E-state index >= 15 is 0 Å². The molecule has 0 saturated heterocycles. The molecule has 4 heteroatoms. The fraction of sp³-hybridized carbons (Fsp3) is 0.444. The summed E-state index contributed by atoms with van der Waals surface area (Å²) in [6, 6.07) is 10.7. The van der Waals surface area contributed by atoms with Crippen molar-refractivity contribution in [3.63, 3.8) is 0 Å². The van der Waals surface area contributed by atoms with Gasteiger partial charge in [-0.25, -0.2) is 4.98 Å². The van der Waals surface area contributed by atoms with Gasteiger partial charge < -0.3 is 15.0 Å². The molecule has 0 unspecified atom stereocenters. The highest BCUT2D eigenvalue weighted by Crippen LogP contribution is 2.40. The summed E-state index contributed by atoms with van der Waals surface area (Å²) in [5.41, 5.74) is 7.65. The molecular formula is C27H37N3O. The SMILES string of the molecule is Cc1ccc(-c2cnc(NCc3cc(C(C)(C)C)c(O)c(C(C)(C)C)c3)n2C)cc1C. The monoisotopic (exact) mass is 419 g/mol. The summed E-state index contributed by atoms with van der Waals surface area (Å²) in [6.45, 7) is 17.7. The summed E-state index contributed by atoms with van der Waals surface area (Å²) in [4.78, 5) is 4.62. The van der Waals surface area contributed by atoms with E-state index in [0.29, 0.717) is 12.3 Å². The molecule has 2 N–H and O–H groups in total. The van der Waals surface area contributed by atoms with Crippen LogP contribution in [0.2, 0.25) is 0 Å². The van der Waals surface area contributed by atoms with Gasteiger partial charge in [0, 0.05) is 19.2 Å². The number of anilines is 1. The molecule has 0 aliphatic carbocycles.